The van der Waals surface area contributed by atoms with Gasteiger partial charge in [0.25, 0.3) is 0 Å². The highest BCUT2D eigenvalue weighted by Crippen LogP contribution is 2.50. The summed E-state index contributed by atoms with van der Waals surface area (Å²) in [4.78, 5) is 35.4. The molecule has 2 aromatic heterocycles. The molecule has 0 saturated carbocycles. The number of carbonyl (C=O) groups is 2. The van der Waals surface area contributed by atoms with Gasteiger partial charge in [-0.25, -0.2) is 4.39 Å². The number of halogens is 1. The van der Waals surface area contributed by atoms with Crippen LogP contribution < -0.4 is 0 Å². The maximum atomic E-state index is 14.2. The molecule has 188 valence electrons. The number of piperidine rings is 1. The van der Waals surface area contributed by atoms with Crippen molar-refractivity contribution in [3.63, 3.8) is 0 Å². The van der Waals surface area contributed by atoms with Gasteiger partial charge in [0.1, 0.15) is 5.82 Å². The molecule has 1 spiro atoms. The van der Waals surface area contributed by atoms with Crippen LogP contribution in [-0.2, 0) is 22.6 Å². The van der Waals surface area contributed by atoms with Crippen molar-refractivity contribution in [1.82, 2.24) is 24.6 Å². The second kappa shape index (κ2) is 9.84. The number of nitrogens with zero attached hydrogens (tertiary/aromatic N) is 5. The summed E-state index contributed by atoms with van der Waals surface area (Å²) < 4.78 is 15.3. The van der Waals surface area contributed by atoms with Gasteiger partial charge in [0, 0.05) is 55.7 Å². The summed E-state index contributed by atoms with van der Waals surface area (Å²) in [7, 11) is 0. The first-order valence-corrected chi connectivity index (χ1v) is 12.6. The van der Waals surface area contributed by atoms with Gasteiger partial charge in [-0.2, -0.15) is 5.10 Å². The van der Waals surface area contributed by atoms with Crippen molar-refractivity contribution in [2.75, 3.05) is 19.6 Å². The highest BCUT2D eigenvalue weighted by Gasteiger charge is 2.57. The second-order valence-electron chi connectivity index (χ2n) is 10.2. The number of carbonyl (C=O) groups excluding carboxylic acids is 2. The molecular formula is C28H32FN5O2. The van der Waals surface area contributed by atoms with Crippen LogP contribution in [0.15, 0.2) is 60.9 Å². The Kier molecular flexibility index (Phi) is 6.60. The second-order valence-corrected chi connectivity index (χ2v) is 10.2. The van der Waals surface area contributed by atoms with Crippen molar-refractivity contribution in [1.29, 1.82) is 0 Å². The fourth-order valence-corrected chi connectivity index (χ4v) is 5.82. The van der Waals surface area contributed by atoms with E-state index in [9.17, 15) is 14.0 Å². The monoisotopic (exact) mass is 489 g/mol. The minimum absolute atomic E-state index is 0.0778. The topological polar surface area (TPSA) is 71.3 Å². The average Bonchev–Trinajstić information content (AvgIpc) is 3.50. The van der Waals surface area contributed by atoms with E-state index in [-0.39, 0.29) is 30.2 Å². The zero-order chi connectivity index (χ0) is 25.3. The summed E-state index contributed by atoms with van der Waals surface area (Å²) in [6.07, 6.45) is 4.60. The Morgan fingerprint density at radius 2 is 1.97 bits per heavy atom. The lowest BCUT2D eigenvalue weighted by atomic mass is 9.70. The lowest BCUT2D eigenvalue weighted by Gasteiger charge is -2.42. The molecule has 1 aromatic carbocycles. The molecule has 36 heavy (non-hydrogen) atoms. The molecule has 2 atom stereocenters. The Labute approximate surface area is 210 Å². The summed E-state index contributed by atoms with van der Waals surface area (Å²) in [5, 5.41) is 4.54. The van der Waals surface area contributed by atoms with Crippen molar-refractivity contribution < 1.29 is 14.0 Å². The Bertz CT molecular complexity index is 1230. The lowest BCUT2D eigenvalue weighted by Crippen LogP contribution is -2.52. The van der Waals surface area contributed by atoms with Gasteiger partial charge in [-0.05, 0) is 50.5 Å². The first-order chi connectivity index (χ1) is 17.4. The van der Waals surface area contributed by atoms with Crippen LogP contribution in [0.4, 0.5) is 4.39 Å². The van der Waals surface area contributed by atoms with E-state index in [1.54, 1.807) is 11.1 Å². The summed E-state index contributed by atoms with van der Waals surface area (Å²) in [6.45, 7) is 6.23. The average molecular weight is 490 g/mol. The third-order valence-electron chi connectivity index (χ3n) is 7.54. The maximum absolute atomic E-state index is 14.2. The lowest BCUT2D eigenvalue weighted by molar-refractivity contribution is -0.147. The maximum Gasteiger partial charge on any atom is 0.231 e. The molecule has 0 unspecified atom stereocenters. The van der Waals surface area contributed by atoms with Crippen molar-refractivity contribution in [3.05, 3.63) is 83.7 Å². The van der Waals surface area contributed by atoms with Crippen LogP contribution in [-0.4, -0.2) is 56.0 Å². The number of pyridine rings is 1. The highest BCUT2D eigenvalue weighted by atomic mass is 19.1. The smallest absolute Gasteiger partial charge is 0.231 e. The minimum atomic E-state index is -0.703. The van der Waals surface area contributed by atoms with Crippen LogP contribution in [0.1, 0.15) is 55.6 Å². The Morgan fingerprint density at radius 1 is 1.17 bits per heavy atom. The molecular weight excluding hydrogens is 457 g/mol. The number of aromatic nitrogens is 3. The molecule has 0 aliphatic carbocycles. The largest absolute Gasteiger partial charge is 0.341 e. The number of benzene rings is 1. The molecule has 0 radical (unpaired) electrons. The summed E-state index contributed by atoms with van der Waals surface area (Å²) >= 11 is 0. The fraction of sp³-hybridized carbons (Fsp3) is 0.429. The third-order valence-corrected chi connectivity index (χ3v) is 7.54. The molecule has 0 N–H and O–H groups in total. The van der Waals surface area contributed by atoms with Crippen LogP contribution in [0.25, 0.3) is 0 Å². The van der Waals surface area contributed by atoms with E-state index in [2.05, 4.69) is 23.9 Å². The molecule has 4 heterocycles. The SMILES string of the molecule is CC(C)n1nccc1[C@H]1CN(C(=O)Cc2ccc(F)cn2)C[C@@]12CCCN(Cc1ccccc1)C2=O. The molecule has 2 saturated heterocycles. The van der Waals surface area contributed by atoms with Crippen molar-refractivity contribution in [3.8, 4) is 0 Å². The van der Waals surface area contributed by atoms with E-state index < -0.39 is 11.2 Å². The molecule has 8 heteroatoms. The van der Waals surface area contributed by atoms with Crippen LogP contribution in [0.2, 0.25) is 0 Å². The Morgan fingerprint density at radius 3 is 2.69 bits per heavy atom. The number of rotatable bonds is 6. The molecule has 5 rings (SSSR count). The van der Waals surface area contributed by atoms with Gasteiger partial charge in [-0.3, -0.25) is 19.3 Å². The molecule has 2 amide bonds. The number of amides is 2. The van der Waals surface area contributed by atoms with E-state index in [4.69, 9.17) is 0 Å². The highest BCUT2D eigenvalue weighted by molar-refractivity contribution is 5.88. The molecule has 2 aliphatic heterocycles. The molecule has 2 fully saturated rings. The normalized spacial score (nSPS) is 22.1. The van der Waals surface area contributed by atoms with E-state index in [1.807, 2.05) is 46.0 Å². The fourth-order valence-electron chi connectivity index (χ4n) is 5.82. The van der Waals surface area contributed by atoms with E-state index in [0.29, 0.717) is 31.9 Å². The summed E-state index contributed by atoms with van der Waals surface area (Å²) in [5.41, 5.74) is 1.91. The first-order valence-electron chi connectivity index (χ1n) is 12.6. The Balaban J connectivity index is 1.46. The van der Waals surface area contributed by atoms with Gasteiger partial charge in [0.2, 0.25) is 11.8 Å². The molecule has 0 bridgehead atoms. The van der Waals surface area contributed by atoms with E-state index >= 15 is 0 Å². The predicted octanol–water partition coefficient (Wildman–Crippen LogP) is 3.98. The van der Waals surface area contributed by atoms with Crippen LogP contribution in [0.5, 0.6) is 0 Å². The van der Waals surface area contributed by atoms with Crippen molar-refractivity contribution >= 4 is 11.8 Å². The van der Waals surface area contributed by atoms with Crippen LogP contribution in [0.3, 0.4) is 0 Å². The van der Waals surface area contributed by atoms with Crippen molar-refractivity contribution in [2.24, 2.45) is 5.41 Å². The van der Waals surface area contributed by atoms with Gasteiger partial charge in [0.15, 0.2) is 0 Å². The van der Waals surface area contributed by atoms with E-state index in [1.165, 1.54) is 12.1 Å². The number of likely N-dealkylation sites (tertiary alicyclic amines) is 2. The van der Waals surface area contributed by atoms with Crippen LogP contribution in [0, 0.1) is 11.2 Å². The number of hydrogen-bond acceptors (Lipinski definition) is 4. The van der Waals surface area contributed by atoms with Gasteiger partial charge < -0.3 is 9.80 Å². The summed E-state index contributed by atoms with van der Waals surface area (Å²) in [6, 6.07) is 15.0. The molecule has 7 nitrogen and oxygen atoms in total. The first kappa shape index (κ1) is 24.2. The van der Waals surface area contributed by atoms with Gasteiger partial charge in [-0.15, -0.1) is 0 Å². The zero-order valence-corrected chi connectivity index (χ0v) is 20.8. The van der Waals surface area contributed by atoms with Gasteiger partial charge in [-0.1, -0.05) is 30.3 Å². The standard InChI is InChI=1S/C28H32FN5O2/c1-20(2)34-25(11-13-31-34)24-18-33(26(35)15-23-10-9-22(29)16-30-23)19-28(24)12-6-14-32(27(28)36)17-21-7-4-3-5-8-21/h3-5,7-11,13,16,20,24H,6,12,14-15,17-19H2,1-2H3/t24-,28+/m1/s1. The molecule has 2 aliphatic rings. The van der Waals surface area contributed by atoms with E-state index in [0.717, 1.165) is 30.3 Å². The minimum Gasteiger partial charge on any atom is -0.341 e. The molecule has 3 aromatic rings. The number of hydrogen-bond donors (Lipinski definition) is 0. The predicted molar refractivity (Wildman–Crippen MR) is 133 cm³/mol. The third kappa shape index (κ3) is 4.52. The zero-order valence-electron chi connectivity index (χ0n) is 20.8. The van der Waals surface area contributed by atoms with Gasteiger partial charge >= 0.3 is 0 Å². The van der Waals surface area contributed by atoms with Crippen LogP contribution >= 0.6 is 0 Å². The summed E-state index contributed by atoms with van der Waals surface area (Å²) in [5.74, 6) is -0.577. The Hall–Kier alpha value is -3.55. The van der Waals surface area contributed by atoms with Gasteiger partial charge in [0.05, 0.1) is 18.0 Å². The van der Waals surface area contributed by atoms with Crippen molar-refractivity contribution in [2.45, 2.75) is 51.6 Å². The quantitative estimate of drug-likeness (QED) is 0.525.